The van der Waals surface area contributed by atoms with E-state index in [9.17, 15) is 14.7 Å². The van der Waals surface area contributed by atoms with Crippen LogP contribution in [0.5, 0.6) is 0 Å². The minimum atomic E-state index is -0.628. The number of carbonyl (C=O) groups is 2. The predicted octanol–water partition coefficient (Wildman–Crippen LogP) is 1.95. The number of esters is 2. The lowest BCUT2D eigenvalue weighted by molar-refractivity contribution is -0.146. The van der Waals surface area contributed by atoms with E-state index in [1.165, 1.54) is 6.92 Å². The van der Waals surface area contributed by atoms with E-state index in [0.29, 0.717) is 0 Å². The summed E-state index contributed by atoms with van der Waals surface area (Å²) in [6, 6.07) is 0. The maximum Gasteiger partial charge on any atom is 0.308 e. The molecule has 0 aromatic heterocycles. The first-order valence-electron chi connectivity index (χ1n) is 7.04. The van der Waals surface area contributed by atoms with Crippen molar-refractivity contribution >= 4 is 11.9 Å². The van der Waals surface area contributed by atoms with Crippen LogP contribution in [-0.4, -0.2) is 35.4 Å². The highest BCUT2D eigenvalue weighted by atomic mass is 16.6. The maximum absolute atomic E-state index is 10.9. The molecule has 1 fully saturated rings. The molecule has 0 radical (unpaired) electrons. The molecule has 0 bridgehead atoms. The minimum Gasteiger partial charge on any atom is -0.463 e. The third kappa shape index (κ3) is 6.57. The Morgan fingerprint density at radius 3 is 2.68 bits per heavy atom. The van der Waals surface area contributed by atoms with Crippen LogP contribution in [0, 0.1) is 0 Å². The standard InChI is InChI=1S/C14H24O5/c1-10(18-11(2)15)7-5-3-4-6-8-13-12(16)9-14(17)19-13/h10,12-13,16H,3-9H2,1-2H3. The van der Waals surface area contributed by atoms with Crippen molar-refractivity contribution in [2.24, 2.45) is 0 Å². The number of hydrogen-bond acceptors (Lipinski definition) is 5. The Kier molecular flexibility index (Phi) is 6.84. The molecule has 1 N–H and O–H groups in total. The summed E-state index contributed by atoms with van der Waals surface area (Å²) < 4.78 is 10.1. The van der Waals surface area contributed by atoms with Crippen LogP contribution >= 0.6 is 0 Å². The fourth-order valence-corrected chi connectivity index (χ4v) is 2.32. The molecule has 1 rings (SSSR count). The zero-order valence-electron chi connectivity index (χ0n) is 11.8. The molecule has 1 aliphatic rings. The molecule has 5 heteroatoms. The van der Waals surface area contributed by atoms with Crippen LogP contribution in [0.1, 0.15) is 58.8 Å². The molecule has 110 valence electrons. The Balaban J connectivity index is 1.97. The van der Waals surface area contributed by atoms with Gasteiger partial charge in [-0.25, -0.2) is 0 Å². The topological polar surface area (TPSA) is 72.8 Å². The molecule has 0 aromatic rings. The first-order chi connectivity index (χ1) is 8.99. The molecule has 3 atom stereocenters. The highest BCUT2D eigenvalue weighted by Gasteiger charge is 2.32. The number of aliphatic hydroxyl groups excluding tert-OH is 1. The molecule has 0 amide bonds. The van der Waals surface area contributed by atoms with Gasteiger partial charge in [0.15, 0.2) is 0 Å². The summed E-state index contributed by atoms with van der Waals surface area (Å²) in [4.78, 5) is 21.6. The number of cyclic esters (lactones) is 1. The van der Waals surface area contributed by atoms with Crippen LogP contribution in [-0.2, 0) is 19.1 Å². The fourth-order valence-electron chi connectivity index (χ4n) is 2.32. The van der Waals surface area contributed by atoms with Crippen LogP contribution in [0.15, 0.2) is 0 Å². The lowest BCUT2D eigenvalue weighted by atomic mass is 10.0. The Morgan fingerprint density at radius 2 is 2.11 bits per heavy atom. The molecule has 1 heterocycles. The second-order valence-electron chi connectivity index (χ2n) is 5.21. The second kappa shape index (κ2) is 8.15. The van der Waals surface area contributed by atoms with Gasteiger partial charge in [-0.15, -0.1) is 0 Å². The summed E-state index contributed by atoms with van der Waals surface area (Å²) in [6.45, 7) is 3.32. The highest BCUT2D eigenvalue weighted by molar-refractivity contribution is 5.72. The van der Waals surface area contributed by atoms with Gasteiger partial charge in [0.05, 0.1) is 12.5 Å². The first kappa shape index (κ1) is 16.0. The number of ether oxygens (including phenoxy) is 2. The average Bonchev–Trinajstić information content (AvgIpc) is 2.61. The Labute approximate surface area is 114 Å². The van der Waals surface area contributed by atoms with Gasteiger partial charge in [-0.1, -0.05) is 12.8 Å². The number of hydrogen-bond donors (Lipinski definition) is 1. The van der Waals surface area contributed by atoms with Crippen LogP contribution in [0.25, 0.3) is 0 Å². The van der Waals surface area contributed by atoms with Gasteiger partial charge in [0, 0.05) is 6.92 Å². The van der Waals surface area contributed by atoms with Crippen LogP contribution in [0.2, 0.25) is 0 Å². The van der Waals surface area contributed by atoms with Crippen molar-refractivity contribution in [3.8, 4) is 0 Å². The molecule has 0 saturated carbocycles. The first-order valence-corrected chi connectivity index (χ1v) is 7.04. The van der Waals surface area contributed by atoms with Crippen molar-refractivity contribution in [3.63, 3.8) is 0 Å². The summed E-state index contributed by atoms with van der Waals surface area (Å²) >= 11 is 0. The van der Waals surface area contributed by atoms with E-state index in [1.54, 1.807) is 0 Å². The fraction of sp³-hybridized carbons (Fsp3) is 0.857. The van der Waals surface area contributed by atoms with Gasteiger partial charge in [-0.3, -0.25) is 9.59 Å². The lowest BCUT2D eigenvalue weighted by Gasteiger charge is -2.13. The highest BCUT2D eigenvalue weighted by Crippen LogP contribution is 2.20. The van der Waals surface area contributed by atoms with E-state index in [2.05, 4.69) is 0 Å². The number of aliphatic hydroxyl groups is 1. The molecular formula is C14H24O5. The SMILES string of the molecule is CC(=O)OC(C)CCCCCCC1OC(=O)CC1O. The van der Waals surface area contributed by atoms with Gasteiger partial charge in [0.1, 0.15) is 12.2 Å². The quantitative estimate of drug-likeness (QED) is 0.540. The van der Waals surface area contributed by atoms with Gasteiger partial charge in [0.25, 0.3) is 0 Å². The second-order valence-corrected chi connectivity index (χ2v) is 5.21. The third-order valence-electron chi connectivity index (χ3n) is 3.30. The van der Waals surface area contributed by atoms with Crippen LogP contribution < -0.4 is 0 Å². The number of rotatable bonds is 8. The largest absolute Gasteiger partial charge is 0.463 e. The van der Waals surface area contributed by atoms with Crippen molar-refractivity contribution in [2.75, 3.05) is 0 Å². The zero-order chi connectivity index (χ0) is 14.3. The molecule has 0 spiro atoms. The normalized spacial score (nSPS) is 24.1. The minimum absolute atomic E-state index is 0.0184. The van der Waals surface area contributed by atoms with Crippen molar-refractivity contribution in [1.29, 1.82) is 0 Å². The number of carbonyl (C=O) groups excluding carboxylic acids is 2. The predicted molar refractivity (Wildman–Crippen MR) is 69.4 cm³/mol. The molecule has 1 saturated heterocycles. The molecule has 5 nitrogen and oxygen atoms in total. The summed E-state index contributed by atoms with van der Waals surface area (Å²) in [5.41, 5.74) is 0. The van der Waals surface area contributed by atoms with Gasteiger partial charge in [0.2, 0.25) is 0 Å². The Hall–Kier alpha value is -1.10. The van der Waals surface area contributed by atoms with Crippen molar-refractivity contribution in [1.82, 2.24) is 0 Å². The van der Waals surface area contributed by atoms with Gasteiger partial charge < -0.3 is 14.6 Å². The number of unbranched alkanes of at least 4 members (excludes halogenated alkanes) is 3. The van der Waals surface area contributed by atoms with Gasteiger partial charge in [-0.2, -0.15) is 0 Å². The van der Waals surface area contributed by atoms with E-state index in [-0.39, 0.29) is 30.6 Å². The summed E-state index contributed by atoms with van der Waals surface area (Å²) in [7, 11) is 0. The van der Waals surface area contributed by atoms with Crippen molar-refractivity contribution < 1.29 is 24.2 Å². The Bertz CT molecular complexity index is 302. The van der Waals surface area contributed by atoms with E-state index in [4.69, 9.17) is 9.47 Å². The van der Waals surface area contributed by atoms with Crippen molar-refractivity contribution in [3.05, 3.63) is 0 Å². The molecule has 3 unspecified atom stereocenters. The summed E-state index contributed by atoms with van der Waals surface area (Å²) in [5.74, 6) is -0.530. The molecular weight excluding hydrogens is 248 g/mol. The smallest absolute Gasteiger partial charge is 0.308 e. The molecule has 0 aliphatic carbocycles. The monoisotopic (exact) mass is 272 g/mol. The van der Waals surface area contributed by atoms with Gasteiger partial charge in [-0.05, 0) is 32.6 Å². The summed E-state index contributed by atoms with van der Waals surface area (Å²) in [5, 5.41) is 9.52. The van der Waals surface area contributed by atoms with Crippen LogP contribution in [0.3, 0.4) is 0 Å². The average molecular weight is 272 g/mol. The maximum atomic E-state index is 10.9. The molecule has 0 aromatic carbocycles. The molecule has 1 aliphatic heterocycles. The van der Waals surface area contributed by atoms with E-state index < -0.39 is 6.10 Å². The molecule has 19 heavy (non-hydrogen) atoms. The lowest BCUT2D eigenvalue weighted by Crippen LogP contribution is -2.20. The van der Waals surface area contributed by atoms with E-state index >= 15 is 0 Å². The van der Waals surface area contributed by atoms with Crippen LogP contribution in [0.4, 0.5) is 0 Å². The Morgan fingerprint density at radius 1 is 1.42 bits per heavy atom. The van der Waals surface area contributed by atoms with Gasteiger partial charge >= 0.3 is 11.9 Å². The van der Waals surface area contributed by atoms with E-state index in [1.807, 2.05) is 6.92 Å². The van der Waals surface area contributed by atoms with Crippen molar-refractivity contribution in [2.45, 2.75) is 77.1 Å². The zero-order valence-corrected chi connectivity index (χ0v) is 11.8. The summed E-state index contributed by atoms with van der Waals surface area (Å²) in [6.07, 6.45) is 4.82. The third-order valence-corrected chi connectivity index (χ3v) is 3.30. The van der Waals surface area contributed by atoms with E-state index in [0.717, 1.165) is 38.5 Å².